The van der Waals surface area contributed by atoms with Crippen LogP contribution in [0.5, 0.6) is 0 Å². The first-order valence-electron chi connectivity index (χ1n) is 6.15. The van der Waals surface area contributed by atoms with Crippen LogP contribution in [0.25, 0.3) is 0 Å². The van der Waals surface area contributed by atoms with Crippen LogP contribution in [-0.4, -0.2) is 22.3 Å². The maximum absolute atomic E-state index is 12.5. The van der Waals surface area contributed by atoms with Gasteiger partial charge in [0.05, 0.1) is 6.04 Å². The average Bonchev–Trinajstić information content (AvgIpc) is 2.88. The average molecular weight is 337 g/mol. The maximum Gasteiger partial charge on any atom is 0.272 e. The number of halogens is 1. The quantitative estimate of drug-likeness (QED) is 0.796. The van der Waals surface area contributed by atoms with Gasteiger partial charge in [0.25, 0.3) is 5.91 Å². The molecule has 0 N–H and O–H groups in total. The molecule has 3 heterocycles. The summed E-state index contributed by atoms with van der Waals surface area (Å²) < 4.78 is 0.885. The van der Waals surface area contributed by atoms with Crippen LogP contribution < -0.4 is 0 Å². The molecule has 3 nitrogen and oxygen atoms in total. The fourth-order valence-electron chi connectivity index (χ4n) is 2.44. The minimum atomic E-state index is 0.0110. The molecule has 1 unspecified atom stereocenters. The van der Waals surface area contributed by atoms with Gasteiger partial charge in [0.15, 0.2) is 0 Å². The van der Waals surface area contributed by atoms with Crippen molar-refractivity contribution in [3.63, 3.8) is 0 Å². The van der Waals surface area contributed by atoms with Crippen molar-refractivity contribution < 1.29 is 4.79 Å². The third-order valence-electron chi connectivity index (χ3n) is 3.48. The van der Waals surface area contributed by atoms with Gasteiger partial charge in [-0.15, -0.1) is 11.3 Å². The molecule has 0 saturated heterocycles. The number of amides is 1. The van der Waals surface area contributed by atoms with Gasteiger partial charge in [-0.3, -0.25) is 4.79 Å². The highest BCUT2D eigenvalue weighted by Gasteiger charge is 2.29. The lowest BCUT2D eigenvalue weighted by molar-refractivity contribution is 0.0673. The Morgan fingerprint density at radius 2 is 2.32 bits per heavy atom. The molecular formula is C14H13BrN2OS. The van der Waals surface area contributed by atoms with Gasteiger partial charge in [0.2, 0.25) is 0 Å². The third kappa shape index (κ3) is 2.32. The lowest BCUT2D eigenvalue weighted by Crippen LogP contribution is -2.38. The second kappa shape index (κ2) is 5.06. The number of rotatable bonds is 1. The van der Waals surface area contributed by atoms with E-state index in [1.807, 2.05) is 11.0 Å². The summed E-state index contributed by atoms with van der Waals surface area (Å²) in [6, 6.07) is 5.87. The first-order valence-corrected chi connectivity index (χ1v) is 7.83. The lowest BCUT2D eigenvalue weighted by atomic mass is 10.0. The Morgan fingerprint density at radius 1 is 1.47 bits per heavy atom. The molecule has 0 bridgehead atoms. The van der Waals surface area contributed by atoms with Crippen molar-refractivity contribution in [2.45, 2.75) is 19.4 Å². The van der Waals surface area contributed by atoms with E-state index in [0.717, 1.165) is 17.4 Å². The molecule has 0 fully saturated rings. The van der Waals surface area contributed by atoms with E-state index in [1.165, 1.54) is 10.4 Å². The van der Waals surface area contributed by atoms with Gasteiger partial charge < -0.3 is 4.90 Å². The van der Waals surface area contributed by atoms with Crippen LogP contribution in [0.1, 0.15) is 33.9 Å². The summed E-state index contributed by atoms with van der Waals surface area (Å²) in [7, 11) is 0. The number of aromatic nitrogens is 1. The van der Waals surface area contributed by atoms with E-state index in [0.29, 0.717) is 5.69 Å². The Labute approximate surface area is 124 Å². The van der Waals surface area contributed by atoms with Crippen molar-refractivity contribution in [1.29, 1.82) is 0 Å². The molecule has 5 heteroatoms. The van der Waals surface area contributed by atoms with Crippen molar-refractivity contribution in [3.05, 3.63) is 50.4 Å². The number of fused-ring (bicyclic) bond motifs is 1. The third-order valence-corrected chi connectivity index (χ3v) is 4.95. The molecule has 0 spiro atoms. The highest BCUT2D eigenvalue weighted by Crippen LogP contribution is 2.33. The molecule has 1 atom stereocenters. The van der Waals surface area contributed by atoms with Crippen LogP contribution in [0.3, 0.4) is 0 Å². The highest BCUT2D eigenvalue weighted by atomic mass is 79.9. The Kier molecular flexibility index (Phi) is 3.41. The van der Waals surface area contributed by atoms with Crippen LogP contribution in [-0.2, 0) is 6.42 Å². The maximum atomic E-state index is 12.5. The molecule has 0 aliphatic carbocycles. The number of pyridine rings is 1. The van der Waals surface area contributed by atoms with Crippen molar-refractivity contribution in [2.24, 2.45) is 0 Å². The van der Waals surface area contributed by atoms with Crippen molar-refractivity contribution in [2.75, 3.05) is 6.54 Å². The van der Waals surface area contributed by atoms with E-state index in [-0.39, 0.29) is 11.9 Å². The summed E-state index contributed by atoms with van der Waals surface area (Å²) in [5.41, 5.74) is 1.79. The molecule has 19 heavy (non-hydrogen) atoms. The summed E-state index contributed by atoms with van der Waals surface area (Å²) in [5.74, 6) is 0.0110. The van der Waals surface area contributed by atoms with Gasteiger partial charge in [-0.2, -0.15) is 0 Å². The summed E-state index contributed by atoms with van der Waals surface area (Å²) in [5, 5.41) is 2.10. The van der Waals surface area contributed by atoms with Gasteiger partial charge in [-0.25, -0.2) is 4.98 Å². The smallest absolute Gasteiger partial charge is 0.272 e. The minimum absolute atomic E-state index is 0.0110. The van der Waals surface area contributed by atoms with Crippen LogP contribution in [0, 0.1) is 0 Å². The fraction of sp³-hybridized carbons (Fsp3) is 0.286. The summed E-state index contributed by atoms with van der Waals surface area (Å²) >= 11 is 5.11. The van der Waals surface area contributed by atoms with E-state index in [4.69, 9.17) is 0 Å². The van der Waals surface area contributed by atoms with E-state index >= 15 is 0 Å². The lowest BCUT2D eigenvalue weighted by Gasteiger charge is -2.33. The van der Waals surface area contributed by atoms with E-state index in [9.17, 15) is 4.79 Å². The zero-order chi connectivity index (χ0) is 13.4. The Morgan fingerprint density at radius 3 is 3.05 bits per heavy atom. The fourth-order valence-corrected chi connectivity index (χ4v) is 3.63. The summed E-state index contributed by atoms with van der Waals surface area (Å²) in [6.45, 7) is 2.85. The highest BCUT2D eigenvalue weighted by molar-refractivity contribution is 9.10. The van der Waals surface area contributed by atoms with Crippen molar-refractivity contribution >= 4 is 33.2 Å². The molecule has 1 aliphatic heterocycles. The van der Waals surface area contributed by atoms with E-state index in [1.54, 1.807) is 23.6 Å². The number of carbonyl (C=O) groups excluding carboxylic acids is 1. The van der Waals surface area contributed by atoms with Crippen LogP contribution in [0.2, 0.25) is 0 Å². The van der Waals surface area contributed by atoms with Crippen molar-refractivity contribution in [3.8, 4) is 0 Å². The van der Waals surface area contributed by atoms with Gasteiger partial charge >= 0.3 is 0 Å². The predicted octanol–water partition coefficient (Wildman–Crippen LogP) is 3.67. The number of thiophene rings is 1. The molecule has 0 radical (unpaired) electrons. The van der Waals surface area contributed by atoms with Crippen LogP contribution in [0.15, 0.2) is 34.2 Å². The van der Waals surface area contributed by atoms with Crippen LogP contribution in [0.4, 0.5) is 0 Å². The molecule has 2 aromatic rings. The van der Waals surface area contributed by atoms with E-state index in [2.05, 4.69) is 39.3 Å². The van der Waals surface area contributed by atoms with Gasteiger partial charge in [0, 0.05) is 22.1 Å². The minimum Gasteiger partial charge on any atom is -0.330 e. The van der Waals surface area contributed by atoms with Gasteiger partial charge in [0.1, 0.15) is 5.69 Å². The topological polar surface area (TPSA) is 33.2 Å². The Balaban J connectivity index is 1.87. The second-order valence-corrected chi connectivity index (χ2v) is 6.50. The Hall–Kier alpha value is -1.20. The van der Waals surface area contributed by atoms with Crippen LogP contribution >= 0.6 is 27.3 Å². The summed E-state index contributed by atoms with van der Waals surface area (Å²) in [6.07, 6.45) is 2.61. The summed E-state index contributed by atoms with van der Waals surface area (Å²) in [4.78, 5) is 20.0. The molecule has 1 aliphatic rings. The SMILES string of the molecule is CC1c2ccsc2CCN1C(=O)c1ccc(Br)cn1. The second-order valence-electron chi connectivity index (χ2n) is 4.59. The number of carbonyl (C=O) groups is 1. The monoisotopic (exact) mass is 336 g/mol. The predicted molar refractivity (Wildman–Crippen MR) is 79.4 cm³/mol. The first kappa shape index (κ1) is 12.8. The molecule has 3 rings (SSSR count). The molecule has 0 saturated carbocycles. The molecule has 2 aromatic heterocycles. The Bertz CT molecular complexity index is 608. The zero-order valence-electron chi connectivity index (χ0n) is 10.5. The van der Waals surface area contributed by atoms with Crippen molar-refractivity contribution in [1.82, 2.24) is 9.88 Å². The number of hydrogen-bond donors (Lipinski definition) is 0. The van der Waals surface area contributed by atoms with E-state index < -0.39 is 0 Å². The molecule has 1 amide bonds. The van der Waals surface area contributed by atoms with Gasteiger partial charge in [-0.1, -0.05) is 0 Å². The van der Waals surface area contributed by atoms with Gasteiger partial charge in [-0.05, 0) is 58.4 Å². The number of hydrogen-bond acceptors (Lipinski definition) is 3. The molecule has 0 aromatic carbocycles. The zero-order valence-corrected chi connectivity index (χ0v) is 12.9. The molecule has 98 valence electrons. The standard InChI is InChI=1S/C14H13BrN2OS/c1-9-11-5-7-19-13(11)4-6-17(9)14(18)12-3-2-10(15)8-16-12/h2-3,5,7-9H,4,6H2,1H3. The number of nitrogens with zero attached hydrogens (tertiary/aromatic N) is 2. The molecular weight excluding hydrogens is 324 g/mol. The first-order chi connectivity index (χ1) is 9.16. The largest absolute Gasteiger partial charge is 0.330 e. The normalized spacial score (nSPS) is 18.2.